The van der Waals surface area contributed by atoms with E-state index in [0.29, 0.717) is 10.8 Å². The Bertz CT molecular complexity index is 940. The fourth-order valence-corrected chi connectivity index (χ4v) is 3.47. The Morgan fingerprint density at radius 1 is 0.917 bits per heavy atom. The molecule has 0 aliphatic carbocycles. The summed E-state index contributed by atoms with van der Waals surface area (Å²) in [7, 11) is -3.56. The first kappa shape index (κ1) is 16.8. The molecule has 3 aromatic rings. The number of halogens is 1. The molecular formula is C18H16ClNO3S. The van der Waals surface area contributed by atoms with Crippen LogP contribution >= 0.6 is 11.6 Å². The van der Waals surface area contributed by atoms with Gasteiger partial charge in [-0.15, -0.1) is 0 Å². The summed E-state index contributed by atoms with van der Waals surface area (Å²) in [5, 5.41) is 2.51. The highest BCUT2D eigenvalue weighted by molar-refractivity contribution is 7.89. The fraction of sp³-hybridized carbons (Fsp3) is 0.111. The minimum Gasteiger partial charge on any atom is -0.492 e. The summed E-state index contributed by atoms with van der Waals surface area (Å²) in [6.07, 6.45) is 0. The van der Waals surface area contributed by atoms with Gasteiger partial charge in [0.2, 0.25) is 10.0 Å². The maximum Gasteiger partial charge on any atom is 0.240 e. The van der Waals surface area contributed by atoms with Gasteiger partial charge in [-0.05, 0) is 47.2 Å². The van der Waals surface area contributed by atoms with Crippen molar-refractivity contribution in [1.82, 2.24) is 4.72 Å². The number of ether oxygens (including phenoxy) is 1. The number of benzene rings is 3. The summed E-state index contributed by atoms with van der Waals surface area (Å²) in [6.45, 7) is 0.409. The molecule has 0 heterocycles. The Balaban J connectivity index is 1.61. The van der Waals surface area contributed by atoms with Crippen LogP contribution < -0.4 is 9.46 Å². The van der Waals surface area contributed by atoms with Gasteiger partial charge in [0, 0.05) is 11.6 Å². The Morgan fingerprint density at radius 3 is 2.38 bits per heavy atom. The van der Waals surface area contributed by atoms with Crippen LogP contribution in [-0.2, 0) is 10.0 Å². The van der Waals surface area contributed by atoms with Crippen LogP contribution in [0.4, 0.5) is 0 Å². The van der Waals surface area contributed by atoms with Crippen LogP contribution in [0.15, 0.2) is 71.6 Å². The number of rotatable bonds is 6. The zero-order chi connectivity index (χ0) is 17.0. The van der Waals surface area contributed by atoms with Gasteiger partial charge in [-0.3, -0.25) is 0 Å². The molecule has 0 aromatic heterocycles. The SMILES string of the molecule is O=S(=O)(NCCOc1ccc(Cl)cc1)c1ccc2ccccc2c1. The second-order valence-electron chi connectivity index (χ2n) is 5.21. The second kappa shape index (κ2) is 7.21. The van der Waals surface area contributed by atoms with Gasteiger partial charge in [0.15, 0.2) is 0 Å². The van der Waals surface area contributed by atoms with Crippen LogP contribution in [0, 0.1) is 0 Å². The largest absolute Gasteiger partial charge is 0.492 e. The monoisotopic (exact) mass is 361 g/mol. The molecule has 0 saturated carbocycles. The smallest absolute Gasteiger partial charge is 0.240 e. The van der Waals surface area contributed by atoms with Crippen LogP contribution in [0.2, 0.25) is 5.02 Å². The minimum absolute atomic E-state index is 0.178. The van der Waals surface area contributed by atoms with Crippen molar-refractivity contribution in [1.29, 1.82) is 0 Å². The minimum atomic E-state index is -3.56. The lowest BCUT2D eigenvalue weighted by atomic mass is 10.1. The standard InChI is InChI=1S/C18H16ClNO3S/c19-16-6-8-17(9-7-16)23-12-11-20-24(21,22)18-10-5-14-3-1-2-4-15(14)13-18/h1-10,13,20H,11-12H2. The van der Waals surface area contributed by atoms with E-state index in [0.717, 1.165) is 10.8 Å². The average molecular weight is 362 g/mol. The third-order valence-electron chi connectivity index (χ3n) is 3.51. The van der Waals surface area contributed by atoms with Crippen molar-refractivity contribution in [2.45, 2.75) is 4.90 Å². The maximum atomic E-state index is 12.3. The van der Waals surface area contributed by atoms with E-state index in [4.69, 9.17) is 16.3 Å². The van der Waals surface area contributed by atoms with Crippen LogP contribution in [-0.4, -0.2) is 21.6 Å². The van der Waals surface area contributed by atoms with E-state index < -0.39 is 10.0 Å². The van der Waals surface area contributed by atoms with Gasteiger partial charge in [0.05, 0.1) is 4.90 Å². The second-order valence-corrected chi connectivity index (χ2v) is 7.41. The molecule has 0 radical (unpaired) electrons. The van der Waals surface area contributed by atoms with Crippen molar-refractivity contribution in [3.05, 3.63) is 71.8 Å². The summed E-state index contributed by atoms with van der Waals surface area (Å²) in [5.74, 6) is 0.643. The summed E-state index contributed by atoms with van der Waals surface area (Å²) in [5.41, 5.74) is 0. The van der Waals surface area contributed by atoms with E-state index in [1.807, 2.05) is 24.3 Å². The molecular weight excluding hydrogens is 346 g/mol. The van der Waals surface area contributed by atoms with E-state index in [1.165, 1.54) is 0 Å². The number of hydrogen-bond donors (Lipinski definition) is 1. The molecule has 0 bridgehead atoms. The van der Waals surface area contributed by atoms with Crippen molar-refractivity contribution in [3.8, 4) is 5.75 Å². The molecule has 6 heteroatoms. The molecule has 0 aliphatic rings. The van der Waals surface area contributed by atoms with Crippen LogP contribution in [0.1, 0.15) is 0 Å². The van der Waals surface area contributed by atoms with E-state index >= 15 is 0 Å². The molecule has 0 saturated heterocycles. The van der Waals surface area contributed by atoms with Gasteiger partial charge >= 0.3 is 0 Å². The third kappa shape index (κ3) is 4.06. The lowest BCUT2D eigenvalue weighted by Crippen LogP contribution is -2.28. The molecule has 3 aromatic carbocycles. The van der Waals surface area contributed by atoms with Gasteiger partial charge < -0.3 is 4.74 Å². The Hall–Kier alpha value is -2.08. The van der Waals surface area contributed by atoms with E-state index in [9.17, 15) is 8.42 Å². The molecule has 0 aliphatic heterocycles. The van der Waals surface area contributed by atoms with Crippen LogP contribution in [0.3, 0.4) is 0 Å². The molecule has 0 unspecified atom stereocenters. The van der Waals surface area contributed by atoms with Gasteiger partial charge in [-0.2, -0.15) is 0 Å². The third-order valence-corrected chi connectivity index (χ3v) is 5.22. The zero-order valence-electron chi connectivity index (χ0n) is 12.8. The van der Waals surface area contributed by atoms with E-state index in [-0.39, 0.29) is 18.0 Å². The van der Waals surface area contributed by atoms with Gasteiger partial charge in [-0.1, -0.05) is 41.9 Å². The van der Waals surface area contributed by atoms with Crippen molar-refractivity contribution < 1.29 is 13.2 Å². The van der Waals surface area contributed by atoms with E-state index in [1.54, 1.807) is 42.5 Å². The predicted octanol–water partition coefficient (Wildman–Crippen LogP) is 3.85. The molecule has 24 heavy (non-hydrogen) atoms. The first-order valence-corrected chi connectivity index (χ1v) is 9.27. The van der Waals surface area contributed by atoms with Crippen molar-refractivity contribution in [3.63, 3.8) is 0 Å². The highest BCUT2D eigenvalue weighted by atomic mass is 35.5. The molecule has 0 amide bonds. The summed E-state index contributed by atoms with van der Waals surface area (Å²) in [6, 6.07) is 19.6. The van der Waals surface area contributed by atoms with Crippen molar-refractivity contribution >= 4 is 32.4 Å². The van der Waals surface area contributed by atoms with Crippen LogP contribution in [0.5, 0.6) is 5.75 Å². The molecule has 3 rings (SSSR count). The molecule has 0 spiro atoms. The Morgan fingerprint density at radius 2 is 1.62 bits per heavy atom. The van der Waals surface area contributed by atoms with Gasteiger partial charge in [-0.25, -0.2) is 13.1 Å². The topological polar surface area (TPSA) is 55.4 Å². The molecule has 124 valence electrons. The average Bonchev–Trinajstić information content (AvgIpc) is 2.60. The zero-order valence-corrected chi connectivity index (χ0v) is 14.3. The predicted molar refractivity (Wildman–Crippen MR) is 96.1 cm³/mol. The normalized spacial score (nSPS) is 11.5. The first-order chi connectivity index (χ1) is 11.5. The summed E-state index contributed by atoms with van der Waals surface area (Å²) in [4.78, 5) is 0.243. The number of fused-ring (bicyclic) bond motifs is 1. The van der Waals surface area contributed by atoms with Crippen LogP contribution in [0.25, 0.3) is 10.8 Å². The van der Waals surface area contributed by atoms with Gasteiger partial charge in [0.1, 0.15) is 12.4 Å². The van der Waals surface area contributed by atoms with Gasteiger partial charge in [0.25, 0.3) is 0 Å². The highest BCUT2D eigenvalue weighted by Crippen LogP contribution is 2.19. The van der Waals surface area contributed by atoms with Crippen molar-refractivity contribution in [2.75, 3.05) is 13.2 Å². The van der Waals surface area contributed by atoms with E-state index in [2.05, 4.69) is 4.72 Å². The molecule has 0 fully saturated rings. The molecule has 4 nitrogen and oxygen atoms in total. The Labute approximate surface area is 146 Å². The Kier molecular flexibility index (Phi) is 5.04. The highest BCUT2D eigenvalue weighted by Gasteiger charge is 2.13. The summed E-state index contributed by atoms with van der Waals surface area (Å²) >= 11 is 5.79. The lowest BCUT2D eigenvalue weighted by molar-refractivity contribution is 0.323. The molecule has 0 atom stereocenters. The number of sulfonamides is 1. The maximum absolute atomic E-state index is 12.3. The fourth-order valence-electron chi connectivity index (χ4n) is 2.29. The lowest BCUT2D eigenvalue weighted by Gasteiger charge is -2.09. The number of hydrogen-bond acceptors (Lipinski definition) is 3. The first-order valence-electron chi connectivity index (χ1n) is 7.41. The molecule has 1 N–H and O–H groups in total. The quantitative estimate of drug-likeness (QED) is 0.678. The van der Waals surface area contributed by atoms with Crippen molar-refractivity contribution in [2.24, 2.45) is 0 Å². The number of nitrogens with one attached hydrogen (secondary N) is 1. The summed E-state index contributed by atoms with van der Waals surface area (Å²) < 4.78 is 32.7.